The number of carbonyl (C=O) groups excluding carboxylic acids is 2. The zero-order valence-corrected chi connectivity index (χ0v) is 28.9. The minimum absolute atomic E-state index is 0.0800. The molecular formula is C34H70N3O5+. The van der Waals surface area contributed by atoms with Gasteiger partial charge < -0.3 is 28.9 Å². The predicted octanol–water partition coefficient (Wildman–Crippen LogP) is 8.32. The van der Waals surface area contributed by atoms with Crippen LogP contribution in [0, 0.1) is 0 Å². The summed E-state index contributed by atoms with van der Waals surface area (Å²) in [5.74, 6) is 0. The molecule has 0 aliphatic carbocycles. The number of hydrogen-bond acceptors (Lipinski definition) is 5. The normalized spacial score (nSPS) is 12.4. The average molecular weight is 601 g/mol. The van der Waals surface area contributed by atoms with Gasteiger partial charge in [-0.2, -0.15) is 0 Å². The van der Waals surface area contributed by atoms with E-state index in [1.165, 1.54) is 96.9 Å². The van der Waals surface area contributed by atoms with E-state index in [0.717, 1.165) is 36.7 Å². The van der Waals surface area contributed by atoms with E-state index in [0.29, 0.717) is 13.2 Å². The molecule has 0 aromatic carbocycles. The Kier molecular flexibility index (Phi) is 26.0. The molecule has 0 aliphatic rings. The summed E-state index contributed by atoms with van der Waals surface area (Å²) in [5, 5.41) is 2.49. The third-order valence-electron chi connectivity index (χ3n) is 7.63. The molecule has 8 heteroatoms. The monoisotopic (exact) mass is 601 g/mol. The summed E-state index contributed by atoms with van der Waals surface area (Å²) in [7, 11) is 8.05. The lowest BCUT2D eigenvalue weighted by atomic mass is 10.0. The molecule has 0 aromatic rings. The third-order valence-corrected chi connectivity index (χ3v) is 7.63. The maximum Gasteiger partial charge on any atom is 0.410 e. The first-order valence-corrected chi connectivity index (χ1v) is 17.3. The molecular weight excluding hydrogens is 530 g/mol. The lowest BCUT2D eigenvalue weighted by Gasteiger charge is -2.30. The Hall–Kier alpha value is -1.54. The van der Waals surface area contributed by atoms with Gasteiger partial charge in [0.05, 0.1) is 47.4 Å². The third kappa shape index (κ3) is 26.1. The number of rotatable bonds is 28. The number of alkyl carbamates (subject to hydrolysis) is 1. The Labute approximate surface area is 260 Å². The fourth-order valence-corrected chi connectivity index (χ4v) is 4.95. The van der Waals surface area contributed by atoms with Gasteiger partial charge in [-0.1, -0.05) is 103 Å². The summed E-state index contributed by atoms with van der Waals surface area (Å²) < 4.78 is 17.8. The van der Waals surface area contributed by atoms with Crippen molar-refractivity contribution in [1.29, 1.82) is 0 Å². The highest BCUT2D eigenvalue weighted by Crippen LogP contribution is 2.14. The molecule has 1 unspecified atom stereocenters. The van der Waals surface area contributed by atoms with Crippen LogP contribution in [0.1, 0.15) is 136 Å². The molecule has 250 valence electrons. The van der Waals surface area contributed by atoms with E-state index in [1.54, 1.807) is 4.90 Å². The lowest BCUT2D eigenvalue weighted by Crippen LogP contribution is -2.46. The minimum Gasteiger partial charge on any atom is -0.449 e. The summed E-state index contributed by atoms with van der Waals surface area (Å²) in [5.41, 5.74) is 0. The first-order valence-electron chi connectivity index (χ1n) is 17.3. The van der Waals surface area contributed by atoms with Crippen molar-refractivity contribution in [2.75, 3.05) is 61.1 Å². The van der Waals surface area contributed by atoms with E-state index >= 15 is 0 Å². The molecule has 1 atom stereocenters. The molecule has 42 heavy (non-hydrogen) atoms. The van der Waals surface area contributed by atoms with Crippen LogP contribution < -0.4 is 5.32 Å². The number of ether oxygens (including phenoxy) is 3. The van der Waals surface area contributed by atoms with Gasteiger partial charge in [0, 0.05) is 19.7 Å². The van der Waals surface area contributed by atoms with Gasteiger partial charge in [0.15, 0.2) is 0 Å². The Morgan fingerprint density at radius 3 is 1.64 bits per heavy atom. The number of quaternary nitrogens is 1. The fraction of sp³-hybridized carbons (Fsp3) is 0.941. The van der Waals surface area contributed by atoms with Crippen LogP contribution in [0.15, 0.2) is 0 Å². The Morgan fingerprint density at radius 1 is 0.714 bits per heavy atom. The molecule has 0 saturated carbocycles. The van der Waals surface area contributed by atoms with Gasteiger partial charge in [-0.3, -0.25) is 0 Å². The average Bonchev–Trinajstić information content (AvgIpc) is 2.93. The van der Waals surface area contributed by atoms with Crippen LogP contribution in [0.4, 0.5) is 9.59 Å². The molecule has 0 bridgehead atoms. The molecule has 0 fully saturated rings. The summed E-state index contributed by atoms with van der Waals surface area (Å²) in [4.78, 5) is 26.4. The van der Waals surface area contributed by atoms with E-state index in [9.17, 15) is 9.59 Å². The quantitative estimate of drug-likeness (QED) is 0.0722. The molecule has 8 nitrogen and oxygen atoms in total. The molecule has 0 heterocycles. The van der Waals surface area contributed by atoms with Crippen molar-refractivity contribution in [1.82, 2.24) is 10.2 Å². The van der Waals surface area contributed by atoms with E-state index in [2.05, 4.69) is 33.4 Å². The SMILES string of the molecule is CCCCCCCCCCCCCCCCCCOC(=O)N(CC(COCCCC[N+](C)(C)C)OC(=O)NC)C(C)C. The molecule has 0 spiro atoms. The highest BCUT2D eigenvalue weighted by molar-refractivity contribution is 5.68. The van der Waals surface area contributed by atoms with Crippen LogP contribution in [0.2, 0.25) is 0 Å². The molecule has 1 N–H and O–H groups in total. The highest BCUT2D eigenvalue weighted by atomic mass is 16.6. The van der Waals surface area contributed by atoms with E-state index in [4.69, 9.17) is 14.2 Å². The van der Waals surface area contributed by atoms with Crippen LogP contribution in [0.25, 0.3) is 0 Å². The molecule has 0 aliphatic heterocycles. The number of unbranched alkanes of at least 4 members (excludes halogenated alkanes) is 16. The maximum absolute atomic E-state index is 12.9. The number of carbonyl (C=O) groups is 2. The zero-order chi connectivity index (χ0) is 31.5. The predicted molar refractivity (Wildman–Crippen MR) is 175 cm³/mol. The lowest BCUT2D eigenvalue weighted by molar-refractivity contribution is -0.870. The molecule has 2 amide bonds. The summed E-state index contributed by atoms with van der Waals surface area (Å²) in [6, 6.07) is -0.0800. The first kappa shape index (κ1) is 40.5. The van der Waals surface area contributed by atoms with Crippen molar-refractivity contribution in [2.45, 2.75) is 148 Å². The second-order valence-electron chi connectivity index (χ2n) is 13.2. The number of hydrogen-bond donors (Lipinski definition) is 1. The van der Waals surface area contributed by atoms with Crippen LogP contribution in [0.5, 0.6) is 0 Å². The van der Waals surface area contributed by atoms with E-state index in [-0.39, 0.29) is 25.3 Å². The van der Waals surface area contributed by atoms with E-state index in [1.807, 2.05) is 13.8 Å². The number of nitrogens with zero attached hydrogens (tertiary/aromatic N) is 2. The summed E-state index contributed by atoms with van der Waals surface area (Å²) in [6.45, 7) is 8.74. The first-order chi connectivity index (χ1) is 20.1. The van der Waals surface area contributed by atoms with Crippen LogP contribution in [-0.2, 0) is 14.2 Å². The van der Waals surface area contributed by atoms with Crippen molar-refractivity contribution in [3.8, 4) is 0 Å². The zero-order valence-electron chi connectivity index (χ0n) is 28.9. The molecule has 0 saturated heterocycles. The van der Waals surface area contributed by atoms with E-state index < -0.39 is 12.2 Å². The van der Waals surface area contributed by atoms with Crippen LogP contribution in [-0.4, -0.2) is 94.8 Å². The van der Waals surface area contributed by atoms with Crippen molar-refractivity contribution in [2.24, 2.45) is 0 Å². The minimum atomic E-state index is -0.561. The van der Waals surface area contributed by atoms with Crippen molar-refractivity contribution < 1.29 is 28.3 Å². The Balaban J connectivity index is 4.09. The second-order valence-corrected chi connectivity index (χ2v) is 13.2. The summed E-state index contributed by atoms with van der Waals surface area (Å²) >= 11 is 0. The summed E-state index contributed by atoms with van der Waals surface area (Å²) in [6.07, 6.45) is 21.6. The second kappa shape index (κ2) is 27.0. The van der Waals surface area contributed by atoms with Gasteiger partial charge in [0.25, 0.3) is 0 Å². The highest BCUT2D eigenvalue weighted by Gasteiger charge is 2.25. The van der Waals surface area contributed by atoms with Crippen molar-refractivity contribution >= 4 is 12.2 Å². The number of amides is 2. The van der Waals surface area contributed by atoms with Crippen molar-refractivity contribution in [3.63, 3.8) is 0 Å². The molecule has 0 aromatic heterocycles. The van der Waals surface area contributed by atoms with Crippen LogP contribution in [0.3, 0.4) is 0 Å². The van der Waals surface area contributed by atoms with Gasteiger partial charge in [0.1, 0.15) is 6.10 Å². The smallest absolute Gasteiger partial charge is 0.410 e. The topological polar surface area (TPSA) is 77.1 Å². The van der Waals surface area contributed by atoms with Gasteiger partial charge in [0.2, 0.25) is 0 Å². The van der Waals surface area contributed by atoms with Gasteiger partial charge in [-0.05, 0) is 33.1 Å². The maximum atomic E-state index is 12.9. The Bertz CT molecular complexity index is 639. The fourth-order valence-electron chi connectivity index (χ4n) is 4.95. The molecule has 0 rings (SSSR count). The largest absolute Gasteiger partial charge is 0.449 e. The number of nitrogens with one attached hydrogen (secondary N) is 1. The molecule has 0 radical (unpaired) electrons. The van der Waals surface area contributed by atoms with Crippen LogP contribution >= 0.6 is 0 Å². The van der Waals surface area contributed by atoms with Gasteiger partial charge in [-0.25, -0.2) is 9.59 Å². The van der Waals surface area contributed by atoms with Crippen molar-refractivity contribution in [3.05, 3.63) is 0 Å². The Morgan fingerprint density at radius 2 is 1.19 bits per heavy atom. The standard InChI is InChI=1S/C34H69N3O5/c1-8-9-10-11-12-13-14-15-16-17-18-19-20-21-22-24-28-41-34(39)36(31(2)3)29-32(42-33(38)35-4)30-40-27-25-23-26-37(5,6)7/h31-32H,8-30H2,1-7H3/p+1. The van der Waals surface area contributed by atoms with Gasteiger partial charge in [-0.15, -0.1) is 0 Å². The van der Waals surface area contributed by atoms with Gasteiger partial charge >= 0.3 is 12.2 Å².